The highest BCUT2D eigenvalue weighted by Crippen LogP contribution is 2.15. The minimum atomic E-state index is -0.158. The second-order valence-corrected chi connectivity index (χ2v) is 6.74. The fraction of sp³-hybridized carbons (Fsp3) is 0.381. The topological polar surface area (TPSA) is 61.6 Å². The SMILES string of the molecule is Cl.Cl.NC(CNC(=O)CCN1CCN(c2ccccc2)CC1)c1ccccc1. The molecule has 1 aliphatic heterocycles. The molecule has 1 aliphatic rings. The maximum Gasteiger partial charge on any atom is 0.221 e. The van der Waals surface area contributed by atoms with Crippen LogP contribution < -0.4 is 16.0 Å². The number of nitrogens with zero attached hydrogens (tertiary/aromatic N) is 2. The van der Waals surface area contributed by atoms with Crippen molar-refractivity contribution in [2.24, 2.45) is 5.73 Å². The maximum atomic E-state index is 12.1. The van der Waals surface area contributed by atoms with Crippen LogP contribution in [0, 0.1) is 0 Å². The van der Waals surface area contributed by atoms with Gasteiger partial charge in [-0.2, -0.15) is 0 Å². The normalized spacial score (nSPS) is 15.1. The molecule has 154 valence electrons. The number of benzene rings is 2. The molecule has 0 saturated carbocycles. The zero-order chi connectivity index (χ0) is 18.2. The molecule has 2 aromatic rings. The van der Waals surface area contributed by atoms with Gasteiger partial charge in [-0.15, -0.1) is 24.8 Å². The Labute approximate surface area is 180 Å². The fourth-order valence-corrected chi connectivity index (χ4v) is 3.26. The fourth-order valence-electron chi connectivity index (χ4n) is 3.26. The second-order valence-electron chi connectivity index (χ2n) is 6.74. The number of hydrogen-bond acceptors (Lipinski definition) is 4. The number of piperazine rings is 1. The third-order valence-corrected chi connectivity index (χ3v) is 4.90. The van der Waals surface area contributed by atoms with Crippen LogP contribution in [0.5, 0.6) is 0 Å². The molecule has 0 bridgehead atoms. The number of carbonyl (C=O) groups is 1. The van der Waals surface area contributed by atoms with Gasteiger partial charge in [0, 0.05) is 57.4 Å². The van der Waals surface area contributed by atoms with Crippen LogP contribution in [0.4, 0.5) is 5.69 Å². The van der Waals surface area contributed by atoms with E-state index in [1.54, 1.807) is 0 Å². The average molecular weight is 425 g/mol. The number of halogens is 2. The molecule has 1 heterocycles. The van der Waals surface area contributed by atoms with E-state index in [2.05, 4.69) is 39.4 Å². The van der Waals surface area contributed by atoms with Gasteiger partial charge in [0.05, 0.1) is 0 Å². The van der Waals surface area contributed by atoms with E-state index >= 15 is 0 Å². The summed E-state index contributed by atoms with van der Waals surface area (Å²) < 4.78 is 0. The Bertz CT molecular complexity index is 679. The first-order valence-corrected chi connectivity index (χ1v) is 9.32. The highest BCUT2D eigenvalue weighted by molar-refractivity contribution is 5.85. The van der Waals surface area contributed by atoms with Crippen LogP contribution in [-0.4, -0.2) is 50.1 Å². The number of nitrogens with one attached hydrogen (secondary N) is 1. The van der Waals surface area contributed by atoms with Crippen LogP contribution in [0.15, 0.2) is 60.7 Å². The van der Waals surface area contributed by atoms with Crippen molar-refractivity contribution >= 4 is 36.4 Å². The van der Waals surface area contributed by atoms with Gasteiger partial charge < -0.3 is 16.0 Å². The Morgan fingerprint density at radius 3 is 2.11 bits per heavy atom. The molecule has 1 atom stereocenters. The van der Waals surface area contributed by atoms with E-state index in [1.165, 1.54) is 5.69 Å². The predicted octanol–water partition coefficient (Wildman–Crippen LogP) is 2.86. The molecule has 7 heteroatoms. The summed E-state index contributed by atoms with van der Waals surface area (Å²) in [5, 5.41) is 2.95. The average Bonchev–Trinajstić information content (AvgIpc) is 2.72. The molecular formula is C21H30Cl2N4O. The molecule has 0 radical (unpaired) electrons. The van der Waals surface area contributed by atoms with E-state index in [4.69, 9.17) is 5.73 Å². The van der Waals surface area contributed by atoms with Gasteiger partial charge >= 0.3 is 0 Å². The van der Waals surface area contributed by atoms with Crippen molar-refractivity contribution in [3.05, 3.63) is 66.2 Å². The first-order valence-electron chi connectivity index (χ1n) is 9.32. The first kappa shape index (κ1) is 24.2. The van der Waals surface area contributed by atoms with Gasteiger partial charge in [0.2, 0.25) is 5.91 Å². The minimum Gasteiger partial charge on any atom is -0.369 e. The van der Waals surface area contributed by atoms with Crippen molar-refractivity contribution in [3.63, 3.8) is 0 Å². The van der Waals surface area contributed by atoms with Crippen LogP contribution >= 0.6 is 24.8 Å². The van der Waals surface area contributed by atoms with Gasteiger partial charge in [-0.1, -0.05) is 48.5 Å². The predicted molar refractivity (Wildman–Crippen MR) is 121 cm³/mol. The van der Waals surface area contributed by atoms with E-state index in [0.29, 0.717) is 13.0 Å². The molecule has 1 fully saturated rings. The van der Waals surface area contributed by atoms with Gasteiger partial charge in [0.15, 0.2) is 0 Å². The van der Waals surface area contributed by atoms with E-state index in [9.17, 15) is 4.79 Å². The van der Waals surface area contributed by atoms with Crippen molar-refractivity contribution < 1.29 is 4.79 Å². The summed E-state index contributed by atoms with van der Waals surface area (Å²) in [5.74, 6) is 0.0712. The number of anilines is 1. The maximum absolute atomic E-state index is 12.1. The van der Waals surface area contributed by atoms with E-state index in [0.717, 1.165) is 38.3 Å². The van der Waals surface area contributed by atoms with Crippen molar-refractivity contribution in [3.8, 4) is 0 Å². The smallest absolute Gasteiger partial charge is 0.221 e. The largest absolute Gasteiger partial charge is 0.369 e. The lowest BCUT2D eigenvalue weighted by Crippen LogP contribution is -2.47. The summed E-state index contributed by atoms with van der Waals surface area (Å²) in [6.07, 6.45) is 0.521. The summed E-state index contributed by atoms with van der Waals surface area (Å²) in [5.41, 5.74) is 8.45. The van der Waals surface area contributed by atoms with Gasteiger partial charge in [-0.25, -0.2) is 0 Å². The van der Waals surface area contributed by atoms with Gasteiger partial charge in [0.1, 0.15) is 0 Å². The second kappa shape index (κ2) is 12.6. The lowest BCUT2D eigenvalue weighted by molar-refractivity contribution is -0.121. The van der Waals surface area contributed by atoms with Gasteiger partial charge in [0.25, 0.3) is 0 Å². The standard InChI is InChI=1S/C21H28N4O.2ClH/c22-20(18-7-3-1-4-8-18)17-23-21(26)11-12-24-13-15-25(16-14-24)19-9-5-2-6-10-19;;/h1-10,20H,11-17,22H2,(H,23,26);2*1H. The van der Waals surface area contributed by atoms with Gasteiger partial charge in [-0.3, -0.25) is 9.69 Å². The van der Waals surface area contributed by atoms with E-state index < -0.39 is 0 Å². The van der Waals surface area contributed by atoms with Crippen LogP contribution in [0.3, 0.4) is 0 Å². The Kier molecular flexibility index (Phi) is 10.9. The number of rotatable bonds is 7. The molecule has 1 saturated heterocycles. The lowest BCUT2D eigenvalue weighted by Gasteiger charge is -2.36. The highest BCUT2D eigenvalue weighted by atomic mass is 35.5. The molecule has 3 rings (SSSR count). The molecule has 2 aromatic carbocycles. The number of carbonyl (C=O) groups excluding carboxylic acids is 1. The van der Waals surface area contributed by atoms with Crippen molar-refractivity contribution in [2.75, 3.05) is 44.2 Å². The zero-order valence-corrected chi connectivity index (χ0v) is 17.6. The van der Waals surface area contributed by atoms with E-state index in [1.807, 2.05) is 36.4 Å². The number of para-hydroxylation sites is 1. The Morgan fingerprint density at radius 1 is 0.929 bits per heavy atom. The molecule has 0 spiro atoms. The summed E-state index contributed by atoms with van der Waals surface area (Å²) >= 11 is 0. The quantitative estimate of drug-likeness (QED) is 0.716. The monoisotopic (exact) mass is 424 g/mol. The van der Waals surface area contributed by atoms with Crippen molar-refractivity contribution in [1.29, 1.82) is 0 Å². The van der Waals surface area contributed by atoms with Gasteiger partial charge in [-0.05, 0) is 17.7 Å². The molecule has 1 amide bonds. The Balaban J connectivity index is 0.00000196. The minimum absolute atomic E-state index is 0. The van der Waals surface area contributed by atoms with Crippen LogP contribution in [0.2, 0.25) is 0 Å². The van der Waals surface area contributed by atoms with Crippen LogP contribution in [0.25, 0.3) is 0 Å². The van der Waals surface area contributed by atoms with E-state index in [-0.39, 0.29) is 36.8 Å². The third kappa shape index (κ3) is 7.32. The summed E-state index contributed by atoms with van der Waals surface area (Å²) in [4.78, 5) is 16.9. The Hall–Kier alpha value is -1.79. The summed E-state index contributed by atoms with van der Waals surface area (Å²) in [6, 6.07) is 20.2. The molecular weight excluding hydrogens is 395 g/mol. The summed E-state index contributed by atoms with van der Waals surface area (Å²) in [6.45, 7) is 5.27. The van der Waals surface area contributed by atoms with Crippen molar-refractivity contribution in [2.45, 2.75) is 12.5 Å². The summed E-state index contributed by atoms with van der Waals surface area (Å²) in [7, 11) is 0. The third-order valence-electron chi connectivity index (χ3n) is 4.90. The molecule has 28 heavy (non-hydrogen) atoms. The number of amides is 1. The van der Waals surface area contributed by atoms with Crippen LogP contribution in [-0.2, 0) is 4.79 Å². The molecule has 0 aliphatic carbocycles. The number of hydrogen-bond donors (Lipinski definition) is 2. The molecule has 1 unspecified atom stereocenters. The molecule has 0 aromatic heterocycles. The zero-order valence-electron chi connectivity index (χ0n) is 16.0. The lowest BCUT2D eigenvalue weighted by atomic mass is 10.1. The van der Waals surface area contributed by atoms with Crippen molar-refractivity contribution in [1.82, 2.24) is 10.2 Å². The Morgan fingerprint density at radius 2 is 1.50 bits per heavy atom. The first-order chi connectivity index (χ1) is 12.7. The number of nitrogens with two attached hydrogens (primary N) is 1. The highest BCUT2D eigenvalue weighted by Gasteiger charge is 2.17. The molecule has 3 N–H and O–H groups in total. The molecule has 5 nitrogen and oxygen atoms in total. The van der Waals surface area contributed by atoms with Crippen LogP contribution in [0.1, 0.15) is 18.0 Å².